The fraction of sp³-hybridized carbons (Fsp3) is 0.421. The minimum Gasteiger partial charge on any atom is -0.321 e. The van der Waals surface area contributed by atoms with Crippen LogP contribution in [-0.4, -0.2) is 45.2 Å². The smallest absolute Gasteiger partial charge is 0.282 e. The summed E-state index contributed by atoms with van der Waals surface area (Å²) < 4.78 is 1.21. The number of piperazine rings is 1. The lowest BCUT2D eigenvalue weighted by Gasteiger charge is -2.30. The van der Waals surface area contributed by atoms with Gasteiger partial charge in [0.2, 0.25) is 0 Å². The van der Waals surface area contributed by atoms with E-state index in [9.17, 15) is 4.79 Å². The third-order valence-electron chi connectivity index (χ3n) is 5.31. The maximum absolute atomic E-state index is 12.7. The second kappa shape index (κ2) is 7.58. The highest BCUT2D eigenvalue weighted by molar-refractivity contribution is 9.11. The normalized spacial score (nSPS) is 22.8. The summed E-state index contributed by atoms with van der Waals surface area (Å²) in [5, 5.41) is 0. The number of nitrogens with one attached hydrogen (secondary N) is 2. The van der Waals surface area contributed by atoms with Crippen molar-refractivity contribution in [3.05, 3.63) is 50.6 Å². The van der Waals surface area contributed by atoms with Gasteiger partial charge in [-0.25, -0.2) is 0 Å². The molecule has 0 unspecified atom stereocenters. The van der Waals surface area contributed by atoms with Gasteiger partial charge < -0.3 is 14.7 Å². The highest BCUT2D eigenvalue weighted by atomic mass is 79.9. The second-order valence-electron chi connectivity index (χ2n) is 6.98. The lowest BCUT2D eigenvalue weighted by molar-refractivity contribution is -1.01. The Hall–Kier alpha value is -1.21. The topological polar surface area (TPSA) is 29.2 Å². The first kappa shape index (κ1) is 17.2. The maximum atomic E-state index is 12.7. The van der Waals surface area contributed by atoms with E-state index in [1.54, 1.807) is 4.90 Å². The first-order chi connectivity index (χ1) is 12.2. The minimum atomic E-state index is 0.283. The van der Waals surface area contributed by atoms with E-state index in [0.29, 0.717) is 6.54 Å². The number of fused-ring (bicyclic) bond motifs is 1. The van der Waals surface area contributed by atoms with Crippen molar-refractivity contribution in [3.8, 4) is 0 Å². The molecule has 0 radical (unpaired) electrons. The van der Waals surface area contributed by atoms with E-state index < -0.39 is 0 Å². The minimum absolute atomic E-state index is 0.283. The quantitative estimate of drug-likeness (QED) is 0.734. The molecule has 1 amide bonds. The number of thiophene rings is 1. The number of halogens is 1. The van der Waals surface area contributed by atoms with Crippen LogP contribution in [0, 0.1) is 0 Å². The van der Waals surface area contributed by atoms with Crippen molar-refractivity contribution in [2.45, 2.75) is 13.0 Å². The molecule has 0 saturated carbocycles. The van der Waals surface area contributed by atoms with Crippen LogP contribution in [0.5, 0.6) is 0 Å². The molecule has 0 aliphatic carbocycles. The van der Waals surface area contributed by atoms with Gasteiger partial charge in [0.05, 0.1) is 8.66 Å². The lowest BCUT2D eigenvalue weighted by atomic mass is 10.2. The predicted octanol–water partition coefficient (Wildman–Crippen LogP) is 0.383. The summed E-state index contributed by atoms with van der Waals surface area (Å²) in [5.74, 6) is 0.283. The molecular formula is C19H24BrN3OS+2. The molecule has 2 aliphatic heterocycles. The van der Waals surface area contributed by atoms with Crippen molar-refractivity contribution in [1.82, 2.24) is 0 Å². The average Bonchev–Trinajstić information content (AvgIpc) is 3.23. The number of quaternary nitrogens is 2. The van der Waals surface area contributed by atoms with Crippen LogP contribution in [0.3, 0.4) is 0 Å². The van der Waals surface area contributed by atoms with Crippen molar-refractivity contribution in [2.24, 2.45) is 0 Å². The van der Waals surface area contributed by atoms with Crippen molar-refractivity contribution in [2.75, 3.05) is 44.2 Å². The zero-order chi connectivity index (χ0) is 17.2. The van der Waals surface area contributed by atoms with Crippen molar-refractivity contribution < 1.29 is 14.6 Å². The predicted molar refractivity (Wildman–Crippen MR) is 104 cm³/mol. The highest BCUT2D eigenvalue weighted by Crippen LogP contribution is 2.27. The molecule has 25 heavy (non-hydrogen) atoms. The van der Waals surface area contributed by atoms with Gasteiger partial charge in [-0.15, -0.1) is 11.3 Å². The number of hydrogen-bond donors (Lipinski definition) is 2. The monoisotopic (exact) mass is 421 g/mol. The molecule has 132 valence electrons. The molecule has 2 aliphatic rings. The van der Waals surface area contributed by atoms with E-state index in [-0.39, 0.29) is 5.91 Å². The fourth-order valence-electron chi connectivity index (χ4n) is 3.91. The summed E-state index contributed by atoms with van der Waals surface area (Å²) in [6, 6.07) is 12.7. The zero-order valence-corrected chi connectivity index (χ0v) is 16.7. The summed E-state index contributed by atoms with van der Waals surface area (Å²) >= 11 is 5.37. The first-order valence-corrected chi connectivity index (χ1v) is 10.6. The van der Waals surface area contributed by atoms with Crippen LogP contribution in [0.15, 0.2) is 40.2 Å². The number of carbonyl (C=O) groups is 1. The number of benzene rings is 1. The average molecular weight is 422 g/mol. The van der Waals surface area contributed by atoms with E-state index in [4.69, 9.17) is 0 Å². The lowest BCUT2D eigenvalue weighted by Crippen LogP contribution is -3.28. The molecule has 3 heterocycles. The fourth-order valence-corrected chi connectivity index (χ4v) is 5.47. The second-order valence-corrected chi connectivity index (χ2v) is 9.53. The highest BCUT2D eigenvalue weighted by Gasteiger charge is 2.30. The Morgan fingerprint density at radius 2 is 1.84 bits per heavy atom. The van der Waals surface area contributed by atoms with E-state index in [1.807, 2.05) is 22.3 Å². The number of para-hydroxylation sites is 1. The van der Waals surface area contributed by atoms with Crippen molar-refractivity contribution in [1.29, 1.82) is 0 Å². The van der Waals surface area contributed by atoms with Gasteiger partial charge in [-0.1, -0.05) is 18.2 Å². The molecule has 1 saturated heterocycles. The molecule has 1 fully saturated rings. The van der Waals surface area contributed by atoms with Crippen LogP contribution >= 0.6 is 27.3 Å². The summed E-state index contributed by atoms with van der Waals surface area (Å²) in [5.41, 5.74) is 2.43. The third-order valence-corrected chi connectivity index (χ3v) is 6.93. The van der Waals surface area contributed by atoms with Crippen LogP contribution in [0.2, 0.25) is 0 Å². The molecule has 0 atom stereocenters. The molecule has 0 spiro atoms. The molecule has 2 aromatic rings. The number of rotatable bonds is 4. The Labute approximate surface area is 161 Å². The first-order valence-electron chi connectivity index (χ1n) is 8.98. The maximum Gasteiger partial charge on any atom is 0.282 e. The van der Waals surface area contributed by atoms with E-state index in [2.05, 4.69) is 46.3 Å². The van der Waals surface area contributed by atoms with Crippen molar-refractivity contribution in [3.63, 3.8) is 0 Å². The summed E-state index contributed by atoms with van der Waals surface area (Å²) in [4.78, 5) is 19.2. The zero-order valence-electron chi connectivity index (χ0n) is 14.3. The standard InChI is InChI=1S/C19H22BrN3OS/c20-18-6-5-16(25-18)13-21-9-11-22(12-10-21)14-19(24)23-8-7-15-3-1-2-4-17(15)23/h1-6H,7-14H2/p+2. The third kappa shape index (κ3) is 3.97. The van der Waals surface area contributed by atoms with Crippen LogP contribution < -0.4 is 14.7 Å². The van der Waals surface area contributed by atoms with E-state index in [1.165, 1.54) is 19.1 Å². The number of anilines is 1. The number of hydrogen-bond acceptors (Lipinski definition) is 2. The summed E-state index contributed by atoms with van der Waals surface area (Å²) in [6.07, 6.45) is 0.992. The van der Waals surface area contributed by atoms with Gasteiger partial charge in [0, 0.05) is 12.2 Å². The Morgan fingerprint density at radius 3 is 2.60 bits per heavy atom. The van der Waals surface area contributed by atoms with Gasteiger partial charge in [0.25, 0.3) is 5.91 Å². The molecule has 2 N–H and O–H groups in total. The number of carbonyl (C=O) groups excluding carboxylic acids is 1. The van der Waals surface area contributed by atoms with Crippen LogP contribution in [0.25, 0.3) is 0 Å². The van der Waals surface area contributed by atoms with Gasteiger partial charge in [-0.2, -0.15) is 0 Å². The van der Waals surface area contributed by atoms with Crippen LogP contribution in [0.4, 0.5) is 5.69 Å². The van der Waals surface area contributed by atoms with Crippen LogP contribution in [-0.2, 0) is 17.8 Å². The Kier molecular flexibility index (Phi) is 5.22. The van der Waals surface area contributed by atoms with Gasteiger partial charge in [0.15, 0.2) is 6.54 Å². The van der Waals surface area contributed by atoms with Gasteiger partial charge in [-0.05, 0) is 46.1 Å². The Bertz CT molecular complexity index is 755. The molecule has 4 rings (SSSR count). The summed E-state index contributed by atoms with van der Waals surface area (Å²) in [7, 11) is 0. The van der Waals surface area contributed by atoms with E-state index >= 15 is 0 Å². The molecular weight excluding hydrogens is 398 g/mol. The number of nitrogens with zero attached hydrogens (tertiary/aromatic N) is 1. The van der Waals surface area contributed by atoms with Crippen molar-refractivity contribution >= 4 is 38.9 Å². The van der Waals surface area contributed by atoms with E-state index in [0.717, 1.165) is 51.4 Å². The molecule has 4 nitrogen and oxygen atoms in total. The molecule has 1 aromatic carbocycles. The largest absolute Gasteiger partial charge is 0.321 e. The number of amides is 1. The summed E-state index contributed by atoms with van der Waals surface area (Å²) in [6.45, 7) is 7.05. The van der Waals surface area contributed by atoms with Gasteiger partial charge >= 0.3 is 0 Å². The Morgan fingerprint density at radius 1 is 1.08 bits per heavy atom. The SMILES string of the molecule is O=C(C[NH+]1CC[NH+](Cc2ccc(Br)s2)CC1)N1CCc2ccccc21. The molecule has 0 bridgehead atoms. The van der Waals surface area contributed by atoms with Crippen LogP contribution in [0.1, 0.15) is 10.4 Å². The van der Waals surface area contributed by atoms with Gasteiger partial charge in [0.1, 0.15) is 32.7 Å². The van der Waals surface area contributed by atoms with Gasteiger partial charge in [-0.3, -0.25) is 4.79 Å². The Balaban J connectivity index is 1.28. The molecule has 1 aromatic heterocycles. The molecule has 6 heteroatoms.